The Morgan fingerprint density at radius 1 is 1.43 bits per heavy atom. The fraction of sp³-hybridized carbons (Fsp3) is 0.200. The van der Waals surface area contributed by atoms with Gasteiger partial charge in [0, 0.05) is 17.6 Å². The third-order valence-electron chi connectivity index (χ3n) is 3.25. The molecule has 0 radical (unpaired) electrons. The Morgan fingerprint density at radius 2 is 2.14 bits per heavy atom. The Hall–Kier alpha value is -2.32. The first-order valence-corrected chi connectivity index (χ1v) is 6.64. The molecule has 4 nitrogen and oxygen atoms in total. The second-order valence-corrected chi connectivity index (χ2v) is 5.01. The monoisotopic (exact) mass is 305 g/mol. The van der Waals surface area contributed by atoms with Gasteiger partial charge in [-0.2, -0.15) is 5.26 Å². The molecule has 0 fully saturated rings. The minimum Gasteiger partial charge on any atom is -0.344 e. The smallest absolute Gasteiger partial charge is 0.268 e. The minimum atomic E-state index is -0.591. The van der Waals surface area contributed by atoms with Gasteiger partial charge in [-0.15, -0.1) is 0 Å². The van der Waals surface area contributed by atoms with Crippen molar-refractivity contribution < 1.29 is 9.18 Å². The molecule has 108 valence electrons. The molecule has 1 atom stereocenters. The largest absolute Gasteiger partial charge is 0.344 e. The molecule has 0 saturated heterocycles. The van der Waals surface area contributed by atoms with E-state index in [0.29, 0.717) is 11.4 Å². The number of nitriles is 1. The molecule has 0 aliphatic heterocycles. The molecule has 0 spiro atoms. The second kappa shape index (κ2) is 5.98. The van der Waals surface area contributed by atoms with Crippen molar-refractivity contribution in [2.45, 2.75) is 13.0 Å². The van der Waals surface area contributed by atoms with Gasteiger partial charge in [0.05, 0.1) is 6.04 Å². The predicted octanol–water partition coefficient (Wildman–Crippen LogP) is 3.18. The lowest BCUT2D eigenvalue weighted by atomic mass is 10.1. The third kappa shape index (κ3) is 2.91. The molecule has 6 heteroatoms. The molecule has 1 heterocycles. The highest BCUT2D eigenvalue weighted by molar-refractivity contribution is 6.31. The van der Waals surface area contributed by atoms with Gasteiger partial charge in [0.1, 0.15) is 23.3 Å². The maximum Gasteiger partial charge on any atom is 0.268 e. The molecule has 0 aliphatic carbocycles. The van der Waals surface area contributed by atoms with E-state index >= 15 is 0 Å². The van der Waals surface area contributed by atoms with E-state index in [1.807, 2.05) is 6.07 Å². The van der Waals surface area contributed by atoms with Gasteiger partial charge in [0.15, 0.2) is 0 Å². The van der Waals surface area contributed by atoms with E-state index < -0.39 is 17.8 Å². The van der Waals surface area contributed by atoms with Gasteiger partial charge in [-0.1, -0.05) is 17.7 Å². The van der Waals surface area contributed by atoms with Crippen LogP contribution in [0.3, 0.4) is 0 Å². The summed E-state index contributed by atoms with van der Waals surface area (Å²) in [5.41, 5.74) is 0.935. The maximum atomic E-state index is 13.8. The Kier molecular flexibility index (Phi) is 4.29. The lowest BCUT2D eigenvalue weighted by Gasteiger charge is -2.16. The van der Waals surface area contributed by atoms with Crippen LogP contribution in [-0.4, -0.2) is 10.5 Å². The van der Waals surface area contributed by atoms with Crippen LogP contribution >= 0.6 is 11.6 Å². The quantitative estimate of drug-likeness (QED) is 0.947. The van der Waals surface area contributed by atoms with Crippen LogP contribution in [0.4, 0.5) is 4.39 Å². The summed E-state index contributed by atoms with van der Waals surface area (Å²) in [4.78, 5) is 12.2. The summed E-state index contributed by atoms with van der Waals surface area (Å²) in [6, 6.07) is 8.85. The third-order valence-corrected chi connectivity index (χ3v) is 3.58. The zero-order valence-corrected chi connectivity index (χ0v) is 12.3. The Labute approximate surface area is 126 Å². The number of rotatable bonds is 3. The first-order chi connectivity index (χ1) is 9.95. The molecular formula is C15H13ClFN3O. The number of nitrogens with one attached hydrogen (secondary N) is 1. The van der Waals surface area contributed by atoms with Crippen molar-refractivity contribution in [1.82, 2.24) is 9.88 Å². The number of hydrogen-bond donors (Lipinski definition) is 1. The summed E-state index contributed by atoms with van der Waals surface area (Å²) < 4.78 is 15.3. The van der Waals surface area contributed by atoms with Gasteiger partial charge in [-0.05, 0) is 31.2 Å². The molecule has 21 heavy (non-hydrogen) atoms. The molecule has 2 aromatic rings. The number of carbonyl (C=O) groups excluding carboxylic acids is 1. The van der Waals surface area contributed by atoms with Crippen LogP contribution in [0, 0.1) is 17.1 Å². The number of hydrogen-bond acceptors (Lipinski definition) is 2. The normalized spacial score (nSPS) is 11.8. The van der Waals surface area contributed by atoms with Crippen LogP contribution in [0.25, 0.3) is 0 Å². The molecule has 0 aliphatic rings. The fourth-order valence-corrected chi connectivity index (χ4v) is 2.45. The van der Waals surface area contributed by atoms with E-state index in [-0.39, 0.29) is 10.6 Å². The van der Waals surface area contributed by atoms with Crippen LogP contribution in [0.1, 0.15) is 34.7 Å². The predicted molar refractivity (Wildman–Crippen MR) is 77.4 cm³/mol. The van der Waals surface area contributed by atoms with Crippen molar-refractivity contribution in [2.24, 2.45) is 7.05 Å². The van der Waals surface area contributed by atoms with Gasteiger partial charge >= 0.3 is 0 Å². The van der Waals surface area contributed by atoms with Crippen LogP contribution in [-0.2, 0) is 7.05 Å². The summed E-state index contributed by atoms with van der Waals surface area (Å²) in [7, 11) is 1.62. The zero-order valence-electron chi connectivity index (χ0n) is 11.5. The van der Waals surface area contributed by atoms with Crippen molar-refractivity contribution in [1.29, 1.82) is 5.26 Å². The minimum absolute atomic E-state index is 0.238. The molecule has 1 aromatic heterocycles. The lowest BCUT2D eigenvalue weighted by molar-refractivity contribution is 0.0931. The molecular weight excluding hydrogens is 293 g/mol. The Morgan fingerprint density at radius 3 is 2.71 bits per heavy atom. The molecule has 2 rings (SSSR count). The van der Waals surface area contributed by atoms with Gasteiger partial charge in [-0.25, -0.2) is 4.39 Å². The van der Waals surface area contributed by atoms with Gasteiger partial charge in [0.2, 0.25) is 0 Å². The van der Waals surface area contributed by atoms with Gasteiger partial charge in [0.25, 0.3) is 5.91 Å². The summed E-state index contributed by atoms with van der Waals surface area (Å²) in [5.74, 6) is -0.870. The number of halogens is 2. The number of aromatic nitrogens is 1. The fourth-order valence-electron chi connectivity index (χ4n) is 2.12. The molecule has 1 N–H and O–H groups in total. The Bertz CT molecular complexity index is 713. The standard InChI is InChI=1S/C15H13ClFN3O/c1-9(14-11(16)4-3-5-12(14)17)19-15(21)13-7-6-10(8-18)20(13)2/h3-7,9H,1-2H3,(H,19,21). The summed E-state index contributed by atoms with van der Waals surface area (Å²) in [6.45, 7) is 1.65. The first-order valence-electron chi connectivity index (χ1n) is 6.26. The molecule has 0 saturated carbocycles. The van der Waals surface area contributed by atoms with Gasteiger partial charge in [-0.3, -0.25) is 4.79 Å². The second-order valence-electron chi connectivity index (χ2n) is 4.61. The summed E-state index contributed by atoms with van der Waals surface area (Å²) in [6.07, 6.45) is 0. The highest BCUT2D eigenvalue weighted by Crippen LogP contribution is 2.25. The van der Waals surface area contributed by atoms with Gasteiger partial charge < -0.3 is 9.88 Å². The van der Waals surface area contributed by atoms with E-state index in [0.717, 1.165) is 0 Å². The number of carbonyl (C=O) groups is 1. The average molecular weight is 306 g/mol. The van der Waals surface area contributed by atoms with E-state index in [4.69, 9.17) is 16.9 Å². The van der Waals surface area contributed by atoms with Crippen molar-refractivity contribution in [2.75, 3.05) is 0 Å². The molecule has 1 unspecified atom stereocenters. The van der Waals surface area contributed by atoms with E-state index in [1.165, 1.54) is 16.7 Å². The van der Waals surface area contributed by atoms with Crippen LogP contribution in [0.15, 0.2) is 30.3 Å². The molecule has 1 aromatic carbocycles. The molecule has 0 bridgehead atoms. The Balaban J connectivity index is 2.23. The topological polar surface area (TPSA) is 57.8 Å². The number of benzene rings is 1. The van der Waals surface area contributed by atoms with Crippen molar-refractivity contribution >= 4 is 17.5 Å². The first kappa shape index (κ1) is 15.1. The lowest BCUT2D eigenvalue weighted by Crippen LogP contribution is -2.29. The zero-order chi connectivity index (χ0) is 15.6. The highest BCUT2D eigenvalue weighted by atomic mass is 35.5. The number of nitrogens with zero attached hydrogens (tertiary/aromatic N) is 2. The van der Waals surface area contributed by atoms with E-state index in [9.17, 15) is 9.18 Å². The summed E-state index contributed by atoms with van der Waals surface area (Å²) in [5, 5.41) is 11.8. The average Bonchev–Trinajstić information content (AvgIpc) is 2.79. The SMILES string of the molecule is CC(NC(=O)c1ccc(C#N)n1C)c1c(F)cccc1Cl. The van der Waals surface area contributed by atoms with E-state index in [1.54, 1.807) is 32.2 Å². The summed E-state index contributed by atoms with van der Waals surface area (Å²) >= 11 is 5.97. The van der Waals surface area contributed by atoms with Crippen LogP contribution < -0.4 is 5.32 Å². The van der Waals surface area contributed by atoms with Crippen molar-refractivity contribution in [3.8, 4) is 6.07 Å². The van der Waals surface area contributed by atoms with Crippen molar-refractivity contribution in [3.05, 3.63) is 58.1 Å². The maximum absolute atomic E-state index is 13.8. The highest BCUT2D eigenvalue weighted by Gasteiger charge is 2.19. The van der Waals surface area contributed by atoms with E-state index in [2.05, 4.69) is 5.32 Å². The van der Waals surface area contributed by atoms with Crippen LogP contribution in [0.2, 0.25) is 5.02 Å². The molecule has 1 amide bonds. The number of amides is 1. The van der Waals surface area contributed by atoms with Crippen LogP contribution in [0.5, 0.6) is 0 Å². The van der Waals surface area contributed by atoms with Crippen molar-refractivity contribution in [3.63, 3.8) is 0 Å².